The number of halogens is 1. The van der Waals surface area contributed by atoms with E-state index in [-0.39, 0.29) is 5.82 Å². The van der Waals surface area contributed by atoms with Gasteiger partial charge in [0.2, 0.25) is 0 Å². The second kappa shape index (κ2) is 4.69. The molecule has 3 rings (SSSR count). The summed E-state index contributed by atoms with van der Waals surface area (Å²) in [6.07, 6.45) is 3.65. The number of rotatable bonds is 2. The molecular weight excluding hydrogens is 239 g/mol. The van der Waals surface area contributed by atoms with Crippen molar-refractivity contribution in [2.75, 3.05) is 0 Å². The van der Waals surface area contributed by atoms with Crippen LogP contribution in [0.5, 0.6) is 0 Å². The van der Waals surface area contributed by atoms with E-state index in [0.717, 1.165) is 16.8 Å². The van der Waals surface area contributed by atoms with Crippen LogP contribution in [0.15, 0.2) is 60.9 Å². The topological polar surface area (TPSA) is 17.8 Å². The van der Waals surface area contributed by atoms with Crippen LogP contribution < -0.4 is 0 Å². The van der Waals surface area contributed by atoms with E-state index in [1.807, 2.05) is 37.4 Å². The molecule has 0 saturated heterocycles. The number of aromatic nitrogens is 2. The summed E-state index contributed by atoms with van der Waals surface area (Å²) in [4.78, 5) is 0. The zero-order chi connectivity index (χ0) is 13.2. The van der Waals surface area contributed by atoms with E-state index in [1.54, 1.807) is 16.9 Å². The molecule has 0 radical (unpaired) electrons. The molecule has 0 N–H and O–H groups in total. The zero-order valence-electron chi connectivity index (χ0n) is 10.5. The van der Waals surface area contributed by atoms with Crippen LogP contribution in [-0.4, -0.2) is 9.78 Å². The van der Waals surface area contributed by atoms with Gasteiger partial charge in [-0.05, 0) is 42.3 Å². The van der Waals surface area contributed by atoms with E-state index in [2.05, 4.69) is 11.2 Å². The van der Waals surface area contributed by atoms with Gasteiger partial charge < -0.3 is 0 Å². The molecule has 0 aliphatic heterocycles. The first kappa shape index (κ1) is 11.7. The summed E-state index contributed by atoms with van der Waals surface area (Å²) in [5.41, 5.74) is 3.92. The van der Waals surface area contributed by atoms with Crippen LogP contribution in [0.1, 0.15) is 5.56 Å². The third-order valence-corrected chi connectivity index (χ3v) is 3.01. The van der Waals surface area contributed by atoms with Gasteiger partial charge in [0, 0.05) is 11.8 Å². The molecule has 94 valence electrons. The molecule has 19 heavy (non-hydrogen) atoms. The Morgan fingerprint density at radius 2 is 1.84 bits per heavy atom. The van der Waals surface area contributed by atoms with Gasteiger partial charge in [-0.1, -0.05) is 24.3 Å². The molecule has 2 aromatic carbocycles. The van der Waals surface area contributed by atoms with E-state index >= 15 is 0 Å². The SMILES string of the molecule is Cc1cccc(-n2cc(-c3cccc(F)c3)cn2)c1. The fraction of sp³-hybridized carbons (Fsp3) is 0.0625. The van der Waals surface area contributed by atoms with Gasteiger partial charge in [0.05, 0.1) is 11.9 Å². The van der Waals surface area contributed by atoms with Crippen molar-refractivity contribution >= 4 is 0 Å². The highest BCUT2D eigenvalue weighted by molar-refractivity contribution is 5.62. The van der Waals surface area contributed by atoms with Gasteiger partial charge >= 0.3 is 0 Å². The molecule has 1 aromatic heterocycles. The monoisotopic (exact) mass is 252 g/mol. The summed E-state index contributed by atoms with van der Waals surface area (Å²) in [7, 11) is 0. The molecule has 0 unspecified atom stereocenters. The van der Waals surface area contributed by atoms with Crippen molar-refractivity contribution < 1.29 is 4.39 Å². The van der Waals surface area contributed by atoms with Crippen LogP contribution in [-0.2, 0) is 0 Å². The maximum Gasteiger partial charge on any atom is 0.123 e. The maximum absolute atomic E-state index is 13.2. The summed E-state index contributed by atoms with van der Waals surface area (Å²) in [6, 6.07) is 14.6. The van der Waals surface area contributed by atoms with Crippen molar-refractivity contribution in [3.8, 4) is 16.8 Å². The Labute approximate surface area is 111 Å². The van der Waals surface area contributed by atoms with Crippen molar-refractivity contribution in [3.63, 3.8) is 0 Å². The van der Waals surface area contributed by atoms with Gasteiger partial charge in [-0.25, -0.2) is 9.07 Å². The summed E-state index contributed by atoms with van der Waals surface area (Å²) in [6.45, 7) is 2.04. The van der Waals surface area contributed by atoms with Gasteiger partial charge in [-0.3, -0.25) is 0 Å². The number of hydrogen-bond acceptors (Lipinski definition) is 1. The molecule has 3 aromatic rings. The van der Waals surface area contributed by atoms with Crippen LogP contribution in [0.2, 0.25) is 0 Å². The van der Waals surface area contributed by atoms with Crippen LogP contribution in [0, 0.1) is 12.7 Å². The van der Waals surface area contributed by atoms with E-state index in [1.165, 1.54) is 17.7 Å². The minimum atomic E-state index is -0.235. The van der Waals surface area contributed by atoms with E-state index in [4.69, 9.17) is 0 Å². The molecule has 0 aliphatic rings. The number of hydrogen-bond donors (Lipinski definition) is 0. The van der Waals surface area contributed by atoms with Crippen molar-refractivity contribution in [2.45, 2.75) is 6.92 Å². The first-order valence-corrected chi connectivity index (χ1v) is 6.10. The Balaban J connectivity index is 2.00. The minimum absolute atomic E-state index is 0.235. The third-order valence-electron chi connectivity index (χ3n) is 3.01. The normalized spacial score (nSPS) is 10.6. The average Bonchev–Trinajstić information content (AvgIpc) is 2.88. The minimum Gasteiger partial charge on any atom is -0.240 e. The van der Waals surface area contributed by atoms with E-state index in [9.17, 15) is 4.39 Å². The summed E-state index contributed by atoms with van der Waals surface area (Å²) >= 11 is 0. The second-order valence-corrected chi connectivity index (χ2v) is 4.52. The van der Waals surface area contributed by atoms with Crippen LogP contribution in [0.4, 0.5) is 4.39 Å². The van der Waals surface area contributed by atoms with Crippen molar-refractivity contribution in [3.05, 3.63) is 72.3 Å². The van der Waals surface area contributed by atoms with Crippen molar-refractivity contribution in [1.82, 2.24) is 9.78 Å². The Bertz CT molecular complexity index is 656. The molecule has 0 amide bonds. The standard InChI is InChI=1S/C16H13FN2/c1-12-4-2-7-16(8-12)19-11-14(10-18-19)13-5-3-6-15(17)9-13/h2-11H,1H3. The zero-order valence-corrected chi connectivity index (χ0v) is 10.5. The molecular formula is C16H13FN2. The third kappa shape index (κ3) is 2.40. The van der Waals surface area contributed by atoms with E-state index < -0.39 is 0 Å². The van der Waals surface area contributed by atoms with Gasteiger partial charge in [-0.15, -0.1) is 0 Å². The fourth-order valence-corrected chi connectivity index (χ4v) is 2.05. The predicted octanol–water partition coefficient (Wildman–Crippen LogP) is 3.99. The molecule has 2 nitrogen and oxygen atoms in total. The second-order valence-electron chi connectivity index (χ2n) is 4.52. The Kier molecular flexibility index (Phi) is 2.88. The van der Waals surface area contributed by atoms with Gasteiger partial charge in [0.25, 0.3) is 0 Å². The number of benzene rings is 2. The molecule has 0 bridgehead atoms. The predicted molar refractivity (Wildman–Crippen MR) is 73.7 cm³/mol. The first-order valence-electron chi connectivity index (χ1n) is 6.10. The lowest BCUT2D eigenvalue weighted by atomic mass is 10.1. The summed E-state index contributed by atoms with van der Waals surface area (Å²) < 4.78 is 15.0. The summed E-state index contributed by atoms with van der Waals surface area (Å²) in [5.74, 6) is -0.235. The lowest BCUT2D eigenvalue weighted by molar-refractivity contribution is 0.628. The van der Waals surface area contributed by atoms with Crippen LogP contribution in [0.3, 0.4) is 0 Å². The highest BCUT2D eigenvalue weighted by Gasteiger charge is 2.04. The first-order chi connectivity index (χ1) is 9.22. The van der Waals surface area contributed by atoms with Crippen LogP contribution in [0.25, 0.3) is 16.8 Å². The number of aryl methyl sites for hydroxylation is 1. The lowest BCUT2D eigenvalue weighted by Crippen LogP contribution is -1.93. The molecule has 0 saturated carbocycles. The Morgan fingerprint density at radius 1 is 1.00 bits per heavy atom. The highest BCUT2D eigenvalue weighted by Crippen LogP contribution is 2.21. The van der Waals surface area contributed by atoms with Crippen molar-refractivity contribution in [2.24, 2.45) is 0 Å². The van der Waals surface area contributed by atoms with Crippen molar-refractivity contribution in [1.29, 1.82) is 0 Å². The van der Waals surface area contributed by atoms with Crippen LogP contribution >= 0.6 is 0 Å². The molecule has 0 fully saturated rings. The molecule has 0 aliphatic carbocycles. The highest BCUT2D eigenvalue weighted by atomic mass is 19.1. The maximum atomic E-state index is 13.2. The lowest BCUT2D eigenvalue weighted by Gasteiger charge is -2.01. The quantitative estimate of drug-likeness (QED) is 0.674. The number of nitrogens with zero attached hydrogens (tertiary/aromatic N) is 2. The molecule has 0 spiro atoms. The van der Waals surface area contributed by atoms with Gasteiger partial charge in [0.15, 0.2) is 0 Å². The Morgan fingerprint density at radius 3 is 2.63 bits per heavy atom. The van der Waals surface area contributed by atoms with Gasteiger partial charge in [-0.2, -0.15) is 5.10 Å². The summed E-state index contributed by atoms with van der Waals surface area (Å²) in [5, 5.41) is 4.33. The van der Waals surface area contributed by atoms with E-state index in [0.29, 0.717) is 0 Å². The van der Waals surface area contributed by atoms with Gasteiger partial charge in [0.1, 0.15) is 5.82 Å². The fourth-order valence-electron chi connectivity index (χ4n) is 2.05. The molecule has 0 atom stereocenters. The Hall–Kier alpha value is -2.42. The molecule has 3 heteroatoms. The average molecular weight is 252 g/mol. The molecule has 1 heterocycles. The largest absolute Gasteiger partial charge is 0.240 e. The smallest absolute Gasteiger partial charge is 0.123 e.